The van der Waals surface area contributed by atoms with E-state index in [-0.39, 0.29) is 16.8 Å². The monoisotopic (exact) mass is 328 g/mol. The molecule has 0 fully saturated rings. The van der Waals surface area contributed by atoms with Crippen molar-refractivity contribution in [1.82, 2.24) is 4.98 Å². The van der Waals surface area contributed by atoms with Gasteiger partial charge in [0.2, 0.25) is 0 Å². The summed E-state index contributed by atoms with van der Waals surface area (Å²) in [7, 11) is 0. The molecule has 0 saturated heterocycles. The molecule has 1 aromatic heterocycles. The number of allylic oxidation sites excluding steroid dienone is 2. The van der Waals surface area contributed by atoms with Crippen LogP contribution in [0.2, 0.25) is 0 Å². The molecule has 0 radical (unpaired) electrons. The number of nitrogens with zero attached hydrogens (tertiary/aromatic N) is 4. The summed E-state index contributed by atoms with van der Waals surface area (Å²) >= 11 is 0. The zero-order valence-corrected chi connectivity index (χ0v) is 13.2. The Hall–Kier alpha value is -4.15. The van der Waals surface area contributed by atoms with Gasteiger partial charge in [-0.15, -0.1) is 0 Å². The number of amides is 1. The molecule has 7 nitrogen and oxygen atoms in total. The van der Waals surface area contributed by atoms with E-state index in [0.717, 1.165) is 5.69 Å². The second kappa shape index (κ2) is 7.92. The minimum Gasteiger partial charge on any atom is -0.344 e. The molecule has 0 spiro atoms. The van der Waals surface area contributed by atoms with E-state index in [4.69, 9.17) is 15.8 Å². The van der Waals surface area contributed by atoms with Crippen molar-refractivity contribution in [3.8, 4) is 18.2 Å². The van der Waals surface area contributed by atoms with Crippen molar-refractivity contribution in [3.05, 3.63) is 65.0 Å². The molecule has 2 rings (SSSR count). The predicted octanol–water partition coefficient (Wildman–Crippen LogP) is 2.88. The number of aryl methyl sites for hydroxylation is 1. The zero-order valence-electron chi connectivity index (χ0n) is 13.2. The van der Waals surface area contributed by atoms with Gasteiger partial charge in [0.05, 0.1) is 11.3 Å². The van der Waals surface area contributed by atoms with Crippen molar-refractivity contribution in [2.24, 2.45) is 0 Å². The maximum atomic E-state index is 12.5. The van der Waals surface area contributed by atoms with Crippen molar-refractivity contribution >= 4 is 17.4 Å². The van der Waals surface area contributed by atoms with E-state index in [1.54, 1.807) is 67.6 Å². The predicted molar refractivity (Wildman–Crippen MR) is 90.9 cm³/mol. The number of rotatable bonds is 4. The Balaban J connectivity index is 2.34. The van der Waals surface area contributed by atoms with Gasteiger partial charge in [0.25, 0.3) is 5.91 Å². The van der Waals surface area contributed by atoms with E-state index in [2.05, 4.69) is 15.6 Å². The topological polar surface area (TPSA) is 125 Å². The van der Waals surface area contributed by atoms with Crippen molar-refractivity contribution in [3.63, 3.8) is 0 Å². The van der Waals surface area contributed by atoms with Gasteiger partial charge in [0.15, 0.2) is 5.57 Å². The van der Waals surface area contributed by atoms with Crippen LogP contribution in [0.25, 0.3) is 0 Å². The van der Waals surface area contributed by atoms with E-state index in [0.29, 0.717) is 11.5 Å². The van der Waals surface area contributed by atoms with Gasteiger partial charge in [-0.05, 0) is 31.2 Å². The molecule has 1 aromatic carbocycles. The lowest BCUT2D eigenvalue weighted by Crippen LogP contribution is -2.15. The SMILES string of the molecule is Cc1cccc(NC(=O)c2ccccc2NC(C#N)=C(C#N)C#N)n1. The number of aromatic nitrogens is 1. The second-order valence-electron chi connectivity index (χ2n) is 4.87. The first-order chi connectivity index (χ1) is 12.1. The summed E-state index contributed by atoms with van der Waals surface area (Å²) in [6.45, 7) is 1.81. The minimum atomic E-state index is -0.436. The van der Waals surface area contributed by atoms with E-state index < -0.39 is 5.91 Å². The van der Waals surface area contributed by atoms with Crippen LogP contribution in [0.4, 0.5) is 11.5 Å². The fraction of sp³-hybridized carbons (Fsp3) is 0.0556. The Kier molecular flexibility index (Phi) is 5.45. The normalized spacial score (nSPS) is 9.04. The molecular weight excluding hydrogens is 316 g/mol. The molecule has 0 bridgehead atoms. The Morgan fingerprint density at radius 2 is 1.68 bits per heavy atom. The number of nitrogens with one attached hydrogen (secondary N) is 2. The molecule has 0 aliphatic rings. The molecule has 0 aliphatic carbocycles. The van der Waals surface area contributed by atoms with Gasteiger partial charge in [-0.25, -0.2) is 4.98 Å². The number of para-hydroxylation sites is 1. The van der Waals surface area contributed by atoms with Crippen molar-refractivity contribution in [2.75, 3.05) is 10.6 Å². The smallest absolute Gasteiger partial charge is 0.258 e. The lowest BCUT2D eigenvalue weighted by molar-refractivity contribution is 0.102. The number of benzene rings is 1. The average Bonchev–Trinajstić information content (AvgIpc) is 2.62. The molecule has 0 unspecified atom stereocenters. The fourth-order valence-corrected chi connectivity index (χ4v) is 2.00. The highest BCUT2D eigenvalue weighted by Crippen LogP contribution is 2.19. The Labute approximate surface area is 144 Å². The van der Waals surface area contributed by atoms with Crippen LogP contribution in [0.5, 0.6) is 0 Å². The molecule has 2 aromatic rings. The van der Waals surface area contributed by atoms with Crippen LogP contribution >= 0.6 is 0 Å². The summed E-state index contributed by atoms with van der Waals surface area (Å²) in [5, 5.41) is 32.3. The highest BCUT2D eigenvalue weighted by molar-refractivity contribution is 6.07. The molecule has 120 valence electrons. The van der Waals surface area contributed by atoms with Crippen molar-refractivity contribution < 1.29 is 4.79 Å². The Morgan fingerprint density at radius 1 is 0.960 bits per heavy atom. The largest absolute Gasteiger partial charge is 0.344 e. The lowest BCUT2D eigenvalue weighted by Gasteiger charge is -2.11. The van der Waals surface area contributed by atoms with Gasteiger partial charge in [0.1, 0.15) is 29.7 Å². The summed E-state index contributed by atoms with van der Waals surface area (Å²) in [5.41, 5.74) is 0.713. The summed E-state index contributed by atoms with van der Waals surface area (Å²) in [6.07, 6.45) is 0. The third kappa shape index (κ3) is 4.19. The first-order valence-electron chi connectivity index (χ1n) is 7.14. The molecule has 0 atom stereocenters. The quantitative estimate of drug-likeness (QED) is 0.831. The average molecular weight is 328 g/mol. The van der Waals surface area contributed by atoms with Gasteiger partial charge in [0, 0.05) is 5.69 Å². The van der Waals surface area contributed by atoms with Gasteiger partial charge >= 0.3 is 0 Å². The number of hydrogen-bond donors (Lipinski definition) is 2. The van der Waals surface area contributed by atoms with E-state index >= 15 is 0 Å². The molecule has 1 amide bonds. The first-order valence-corrected chi connectivity index (χ1v) is 7.14. The third-order valence-electron chi connectivity index (χ3n) is 3.15. The Bertz CT molecular complexity index is 956. The standard InChI is InChI=1S/C18H12N6O/c1-12-5-4-8-17(22-12)24-18(25)14-6-2-3-7-15(14)23-16(11-21)13(9-19)10-20/h2-8,23H,1H3,(H,22,24,25). The van der Waals surface area contributed by atoms with Gasteiger partial charge in [-0.3, -0.25) is 4.79 Å². The third-order valence-corrected chi connectivity index (χ3v) is 3.15. The summed E-state index contributed by atoms with van der Waals surface area (Å²) in [5.74, 6) is -0.0421. The maximum Gasteiger partial charge on any atom is 0.258 e. The van der Waals surface area contributed by atoms with Crippen LogP contribution in [-0.2, 0) is 0 Å². The maximum absolute atomic E-state index is 12.5. The van der Waals surface area contributed by atoms with Crippen LogP contribution in [0.3, 0.4) is 0 Å². The molecular formula is C18H12N6O. The summed E-state index contributed by atoms with van der Waals surface area (Å²) < 4.78 is 0. The van der Waals surface area contributed by atoms with Crippen LogP contribution in [0.1, 0.15) is 16.1 Å². The number of carbonyl (C=O) groups excluding carboxylic acids is 1. The molecule has 0 saturated carbocycles. The van der Waals surface area contributed by atoms with Crippen molar-refractivity contribution in [2.45, 2.75) is 6.92 Å². The molecule has 25 heavy (non-hydrogen) atoms. The number of pyridine rings is 1. The number of nitriles is 3. The molecule has 0 aliphatic heterocycles. The molecule has 7 heteroatoms. The van der Waals surface area contributed by atoms with Crippen LogP contribution in [-0.4, -0.2) is 10.9 Å². The van der Waals surface area contributed by atoms with Crippen LogP contribution in [0, 0.1) is 40.9 Å². The summed E-state index contributed by atoms with van der Waals surface area (Å²) in [6, 6.07) is 16.7. The van der Waals surface area contributed by atoms with Gasteiger partial charge in [-0.2, -0.15) is 15.8 Å². The van der Waals surface area contributed by atoms with E-state index in [1.807, 2.05) is 0 Å². The van der Waals surface area contributed by atoms with Crippen LogP contribution in [0.15, 0.2) is 53.7 Å². The first kappa shape index (κ1) is 17.2. The minimum absolute atomic E-state index is 0.223. The highest BCUT2D eigenvalue weighted by Gasteiger charge is 2.14. The zero-order chi connectivity index (χ0) is 18.2. The number of anilines is 2. The lowest BCUT2D eigenvalue weighted by atomic mass is 10.1. The van der Waals surface area contributed by atoms with E-state index in [1.165, 1.54) is 0 Å². The van der Waals surface area contributed by atoms with Crippen molar-refractivity contribution in [1.29, 1.82) is 15.8 Å². The Morgan fingerprint density at radius 3 is 2.32 bits per heavy atom. The summed E-state index contributed by atoms with van der Waals surface area (Å²) in [4.78, 5) is 16.7. The molecule has 2 N–H and O–H groups in total. The van der Waals surface area contributed by atoms with Gasteiger partial charge < -0.3 is 10.6 Å². The number of carbonyl (C=O) groups is 1. The van der Waals surface area contributed by atoms with E-state index in [9.17, 15) is 4.79 Å². The second-order valence-corrected chi connectivity index (χ2v) is 4.87. The highest BCUT2D eigenvalue weighted by atomic mass is 16.1. The fourth-order valence-electron chi connectivity index (χ4n) is 2.00. The van der Waals surface area contributed by atoms with Crippen LogP contribution < -0.4 is 10.6 Å². The number of hydrogen-bond acceptors (Lipinski definition) is 6. The van der Waals surface area contributed by atoms with Gasteiger partial charge in [-0.1, -0.05) is 18.2 Å². The molecule has 1 heterocycles.